The van der Waals surface area contributed by atoms with Crippen molar-refractivity contribution in [3.63, 3.8) is 0 Å². The highest BCUT2D eigenvalue weighted by Crippen LogP contribution is 2.27. The monoisotopic (exact) mass is 240 g/mol. The van der Waals surface area contributed by atoms with Crippen molar-refractivity contribution in [3.05, 3.63) is 15.5 Å². The van der Waals surface area contributed by atoms with Crippen LogP contribution in [0.15, 0.2) is 6.20 Å². The highest BCUT2D eigenvalue weighted by molar-refractivity contribution is 7.84. The number of nitrogens with zero attached hydrogens (tertiary/aromatic N) is 1. The molecule has 0 bridgehead atoms. The second-order valence-corrected chi connectivity index (χ2v) is 5.45. The van der Waals surface area contributed by atoms with E-state index < -0.39 is 10.3 Å². The molecule has 13 heavy (non-hydrogen) atoms. The minimum Gasteiger partial charge on any atom is -0.256 e. The van der Waals surface area contributed by atoms with Crippen molar-refractivity contribution in [2.24, 2.45) is 0 Å². The Bertz CT molecular complexity index is 415. The summed E-state index contributed by atoms with van der Waals surface area (Å²) in [5.41, 5.74) is 0. The van der Waals surface area contributed by atoms with E-state index in [9.17, 15) is 8.42 Å². The van der Waals surface area contributed by atoms with Crippen LogP contribution in [0.2, 0.25) is 4.47 Å². The molecule has 72 valence electrons. The Labute approximate surface area is 84.0 Å². The summed E-state index contributed by atoms with van der Waals surface area (Å²) in [7, 11) is -3.55. The Morgan fingerprint density at radius 2 is 2.54 bits per heavy atom. The Balaban J connectivity index is 2.21. The van der Waals surface area contributed by atoms with Gasteiger partial charge < -0.3 is 0 Å². The lowest BCUT2D eigenvalue weighted by molar-refractivity contribution is 0.340. The zero-order valence-corrected chi connectivity index (χ0v) is 8.62. The normalized spacial score (nSPS) is 26.4. The van der Waals surface area contributed by atoms with Crippen molar-refractivity contribution in [2.75, 3.05) is 6.61 Å². The van der Waals surface area contributed by atoms with Crippen LogP contribution in [0.25, 0.3) is 0 Å². The van der Waals surface area contributed by atoms with E-state index in [0.29, 0.717) is 4.47 Å². The molecule has 1 saturated heterocycles. The molecule has 1 aliphatic heterocycles. The third-order valence-corrected chi connectivity index (χ3v) is 3.76. The molecule has 1 aromatic heterocycles. The van der Waals surface area contributed by atoms with E-state index >= 15 is 0 Å². The van der Waals surface area contributed by atoms with Crippen molar-refractivity contribution < 1.29 is 12.6 Å². The van der Waals surface area contributed by atoms with Crippen molar-refractivity contribution >= 4 is 33.2 Å². The van der Waals surface area contributed by atoms with E-state index in [0.717, 1.165) is 4.88 Å². The number of thiazole rings is 1. The third-order valence-electron chi connectivity index (χ3n) is 1.52. The van der Waals surface area contributed by atoms with Crippen LogP contribution < -0.4 is 4.72 Å². The van der Waals surface area contributed by atoms with Gasteiger partial charge in [0, 0.05) is 11.1 Å². The topological polar surface area (TPSA) is 68.3 Å². The van der Waals surface area contributed by atoms with E-state index in [1.54, 1.807) is 0 Å². The highest BCUT2D eigenvalue weighted by Gasteiger charge is 2.30. The van der Waals surface area contributed by atoms with Crippen LogP contribution in [-0.4, -0.2) is 20.0 Å². The number of rotatable bonds is 1. The van der Waals surface area contributed by atoms with Gasteiger partial charge in [-0.3, -0.25) is 4.18 Å². The Morgan fingerprint density at radius 3 is 3.00 bits per heavy atom. The Hall–Kier alpha value is -0.210. The van der Waals surface area contributed by atoms with Gasteiger partial charge in [-0.1, -0.05) is 11.6 Å². The largest absolute Gasteiger partial charge is 0.336 e. The van der Waals surface area contributed by atoms with Crippen LogP contribution in [0.5, 0.6) is 0 Å². The number of aromatic nitrogens is 1. The summed E-state index contributed by atoms with van der Waals surface area (Å²) in [6.45, 7) is 0.0981. The van der Waals surface area contributed by atoms with Gasteiger partial charge in [-0.05, 0) is 0 Å². The van der Waals surface area contributed by atoms with Crippen molar-refractivity contribution in [3.8, 4) is 0 Å². The smallest absolute Gasteiger partial charge is 0.256 e. The first kappa shape index (κ1) is 9.35. The Morgan fingerprint density at radius 1 is 1.77 bits per heavy atom. The molecular formula is C5H5ClN2O3S2. The lowest BCUT2D eigenvalue weighted by Crippen LogP contribution is -2.18. The lowest BCUT2D eigenvalue weighted by Gasteiger charge is -1.99. The van der Waals surface area contributed by atoms with Gasteiger partial charge in [-0.25, -0.2) is 4.98 Å². The van der Waals surface area contributed by atoms with Crippen LogP contribution in [0.1, 0.15) is 10.9 Å². The summed E-state index contributed by atoms with van der Waals surface area (Å²) in [5.74, 6) is 0. The van der Waals surface area contributed by atoms with Crippen LogP contribution >= 0.6 is 22.9 Å². The van der Waals surface area contributed by atoms with Gasteiger partial charge in [0.15, 0.2) is 4.47 Å². The molecule has 0 radical (unpaired) electrons. The third kappa shape index (κ3) is 2.00. The molecule has 1 atom stereocenters. The van der Waals surface area contributed by atoms with Crippen LogP contribution in [0, 0.1) is 0 Å². The van der Waals surface area contributed by atoms with Gasteiger partial charge in [0.25, 0.3) is 0 Å². The van der Waals surface area contributed by atoms with Crippen LogP contribution in [0.4, 0.5) is 0 Å². The average molecular weight is 241 g/mol. The minimum absolute atomic E-state index is 0.0981. The molecule has 5 nitrogen and oxygen atoms in total. The van der Waals surface area contributed by atoms with Gasteiger partial charge in [0.1, 0.15) is 0 Å². The molecule has 2 rings (SSSR count). The predicted molar refractivity (Wildman–Crippen MR) is 47.9 cm³/mol. The van der Waals surface area contributed by atoms with Crippen molar-refractivity contribution in [1.82, 2.24) is 9.71 Å². The van der Waals surface area contributed by atoms with Gasteiger partial charge in [0.2, 0.25) is 0 Å². The van der Waals surface area contributed by atoms with Gasteiger partial charge in [-0.15, -0.1) is 11.3 Å². The van der Waals surface area contributed by atoms with Gasteiger partial charge in [0.05, 0.1) is 12.6 Å². The molecular weight excluding hydrogens is 236 g/mol. The summed E-state index contributed by atoms with van der Waals surface area (Å²) >= 11 is 6.83. The maximum absolute atomic E-state index is 10.8. The summed E-state index contributed by atoms with van der Waals surface area (Å²) in [4.78, 5) is 4.56. The first-order valence-electron chi connectivity index (χ1n) is 3.35. The molecule has 8 heteroatoms. The number of nitrogens with one attached hydrogen (secondary N) is 1. The van der Waals surface area contributed by atoms with E-state index in [4.69, 9.17) is 11.6 Å². The molecule has 1 N–H and O–H groups in total. The summed E-state index contributed by atoms with van der Waals surface area (Å²) in [6, 6.07) is -0.352. The summed E-state index contributed by atoms with van der Waals surface area (Å²) in [5, 5.41) is 0. The zero-order valence-electron chi connectivity index (χ0n) is 6.23. The standard InChI is InChI=1S/C5H5ClN2O3S2/c6-5-7-1-4(12-5)3-2-11-13(9,10)8-3/h1,3,8H,2H2/t3-/m1/s1. The first-order chi connectivity index (χ1) is 6.07. The first-order valence-corrected chi connectivity index (χ1v) is 5.95. The molecule has 1 aromatic rings. The molecule has 0 saturated carbocycles. The van der Waals surface area contributed by atoms with Crippen molar-refractivity contribution in [2.45, 2.75) is 6.04 Å². The fraction of sp³-hybridized carbons (Fsp3) is 0.400. The number of halogens is 1. The SMILES string of the molecule is O=S1(=O)N[C@@H](c2cnc(Cl)s2)CO1. The minimum atomic E-state index is -3.55. The molecule has 0 amide bonds. The van der Waals surface area contributed by atoms with E-state index in [1.807, 2.05) is 0 Å². The maximum atomic E-state index is 10.8. The number of hydrogen-bond donors (Lipinski definition) is 1. The quantitative estimate of drug-likeness (QED) is 0.785. The van der Waals surface area contributed by atoms with Gasteiger partial charge in [-0.2, -0.15) is 13.1 Å². The summed E-state index contributed by atoms with van der Waals surface area (Å²) in [6.07, 6.45) is 1.54. The molecule has 0 spiro atoms. The zero-order chi connectivity index (χ0) is 9.47. The summed E-state index contributed by atoms with van der Waals surface area (Å²) < 4.78 is 28.9. The second-order valence-electron chi connectivity index (χ2n) is 2.42. The van der Waals surface area contributed by atoms with E-state index in [-0.39, 0.29) is 12.6 Å². The van der Waals surface area contributed by atoms with Crippen LogP contribution in [0.3, 0.4) is 0 Å². The average Bonchev–Trinajstić information content (AvgIpc) is 2.56. The second kappa shape index (κ2) is 3.18. The molecule has 2 heterocycles. The highest BCUT2D eigenvalue weighted by atomic mass is 35.5. The van der Waals surface area contributed by atoms with E-state index in [1.165, 1.54) is 17.5 Å². The molecule has 1 fully saturated rings. The maximum Gasteiger partial charge on any atom is 0.336 e. The molecule has 0 unspecified atom stereocenters. The molecule has 0 aliphatic carbocycles. The fourth-order valence-corrected chi connectivity index (χ4v) is 2.96. The van der Waals surface area contributed by atoms with Crippen molar-refractivity contribution in [1.29, 1.82) is 0 Å². The number of hydrogen-bond acceptors (Lipinski definition) is 5. The predicted octanol–water partition coefficient (Wildman–Crippen LogP) is 0.702. The van der Waals surface area contributed by atoms with E-state index in [2.05, 4.69) is 13.9 Å². The molecule has 0 aromatic carbocycles. The lowest BCUT2D eigenvalue weighted by atomic mass is 10.3. The molecule has 1 aliphatic rings. The van der Waals surface area contributed by atoms with Gasteiger partial charge >= 0.3 is 10.3 Å². The van der Waals surface area contributed by atoms with Crippen LogP contribution in [-0.2, 0) is 14.5 Å². The Kier molecular flexibility index (Phi) is 2.28. The fourth-order valence-electron chi connectivity index (χ4n) is 0.966.